The molecule has 1 amide bonds. The molecule has 0 aromatic heterocycles. The number of carbonyl (C=O) groups excluding carboxylic acids is 2. The molecule has 1 aliphatic rings. The van der Waals surface area contributed by atoms with E-state index in [-0.39, 0.29) is 16.5 Å². The number of sulfonamides is 1. The molecule has 0 saturated carbocycles. The molecule has 0 spiro atoms. The summed E-state index contributed by atoms with van der Waals surface area (Å²) in [5, 5.41) is 2.52. The number of amides is 1. The van der Waals surface area contributed by atoms with E-state index in [0.717, 1.165) is 16.1 Å². The molecule has 2 aromatic rings. The second-order valence-electron chi connectivity index (χ2n) is 6.21. The van der Waals surface area contributed by atoms with Crippen LogP contribution >= 0.6 is 24.0 Å². The van der Waals surface area contributed by atoms with Crippen LogP contribution in [-0.2, 0) is 24.3 Å². The summed E-state index contributed by atoms with van der Waals surface area (Å²) in [7, 11) is -1.44. The van der Waals surface area contributed by atoms with Crippen LogP contribution in [0.4, 0.5) is 5.69 Å². The first kappa shape index (κ1) is 22.8. The van der Waals surface area contributed by atoms with E-state index < -0.39 is 22.5 Å². The molecule has 0 bridgehead atoms. The van der Waals surface area contributed by atoms with Gasteiger partial charge < -0.3 is 14.8 Å². The number of hydrogen-bond donors (Lipinski definition) is 1. The smallest absolute Gasteiger partial charge is 0.326 e. The Morgan fingerprint density at radius 3 is 2.48 bits per heavy atom. The number of thioether (sulfide) groups is 1. The minimum atomic E-state index is -4.10. The zero-order chi connectivity index (χ0) is 22.6. The first-order valence-electron chi connectivity index (χ1n) is 8.83. The van der Waals surface area contributed by atoms with Crippen molar-refractivity contribution in [1.82, 2.24) is 5.32 Å². The topological polar surface area (TPSA) is 102 Å². The molecule has 0 unspecified atom stereocenters. The van der Waals surface area contributed by atoms with Crippen molar-refractivity contribution in [2.45, 2.75) is 4.90 Å². The number of ether oxygens (including phenoxy) is 2. The van der Waals surface area contributed by atoms with Gasteiger partial charge in [0.25, 0.3) is 15.9 Å². The molecule has 1 saturated heterocycles. The Hall–Kier alpha value is -2.89. The number of thiocarbonyl (C=S) groups is 1. The molecular weight excluding hydrogens is 460 g/mol. The summed E-state index contributed by atoms with van der Waals surface area (Å²) in [5.74, 6) is -0.549. The van der Waals surface area contributed by atoms with E-state index in [1.165, 1.54) is 38.5 Å². The summed E-state index contributed by atoms with van der Waals surface area (Å²) >= 11 is 6.10. The summed E-state index contributed by atoms with van der Waals surface area (Å²) in [6.07, 6.45) is 1.60. The molecule has 2 aromatic carbocycles. The van der Waals surface area contributed by atoms with Crippen LogP contribution in [-0.4, -0.2) is 45.4 Å². The predicted molar refractivity (Wildman–Crippen MR) is 122 cm³/mol. The van der Waals surface area contributed by atoms with Gasteiger partial charge in [0.1, 0.15) is 16.6 Å². The van der Waals surface area contributed by atoms with Gasteiger partial charge in [0.2, 0.25) is 0 Å². The fourth-order valence-corrected chi connectivity index (χ4v) is 5.16. The molecule has 0 radical (unpaired) electrons. The number of methoxy groups -OCH3 is 2. The van der Waals surface area contributed by atoms with Crippen LogP contribution in [0, 0.1) is 0 Å². The van der Waals surface area contributed by atoms with E-state index in [9.17, 15) is 18.0 Å². The fourth-order valence-electron chi connectivity index (χ4n) is 2.71. The van der Waals surface area contributed by atoms with E-state index in [1.807, 2.05) is 0 Å². The van der Waals surface area contributed by atoms with Gasteiger partial charge in [0.15, 0.2) is 0 Å². The van der Waals surface area contributed by atoms with Gasteiger partial charge in [-0.05, 0) is 48.0 Å². The zero-order valence-corrected chi connectivity index (χ0v) is 19.0. The molecule has 1 aliphatic heterocycles. The van der Waals surface area contributed by atoms with Gasteiger partial charge in [0, 0.05) is 0 Å². The van der Waals surface area contributed by atoms with E-state index in [1.54, 1.807) is 30.3 Å². The number of esters is 1. The van der Waals surface area contributed by atoms with Crippen LogP contribution in [0.25, 0.3) is 6.08 Å². The van der Waals surface area contributed by atoms with Crippen molar-refractivity contribution >= 4 is 62.0 Å². The normalized spacial score (nSPS) is 15.0. The van der Waals surface area contributed by atoms with E-state index in [0.29, 0.717) is 20.5 Å². The second kappa shape index (κ2) is 9.50. The summed E-state index contributed by atoms with van der Waals surface area (Å²) < 4.78 is 37.7. The van der Waals surface area contributed by atoms with Crippen molar-refractivity contribution in [2.75, 3.05) is 25.1 Å². The molecule has 0 atom stereocenters. The fraction of sp³-hybridized carbons (Fsp3) is 0.150. The minimum absolute atomic E-state index is 0.0166. The van der Waals surface area contributed by atoms with Gasteiger partial charge in [0.05, 0.1) is 29.7 Å². The number of carbonyl (C=O) groups is 2. The molecule has 11 heteroatoms. The Morgan fingerprint density at radius 1 is 1.19 bits per heavy atom. The lowest BCUT2D eigenvalue weighted by Crippen LogP contribution is -2.36. The highest BCUT2D eigenvalue weighted by Crippen LogP contribution is 2.29. The van der Waals surface area contributed by atoms with Crippen molar-refractivity contribution in [1.29, 1.82) is 0 Å². The first-order valence-corrected chi connectivity index (χ1v) is 11.5. The number of benzene rings is 2. The Balaban J connectivity index is 2.02. The average Bonchev–Trinajstić information content (AvgIpc) is 3.08. The highest BCUT2D eigenvalue weighted by molar-refractivity contribution is 8.26. The third-order valence-electron chi connectivity index (χ3n) is 4.25. The highest BCUT2D eigenvalue weighted by Gasteiger charge is 2.28. The zero-order valence-electron chi connectivity index (χ0n) is 16.5. The van der Waals surface area contributed by atoms with Crippen molar-refractivity contribution < 1.29 is 27.5 Å². The molecule has 0 aliphatic carbocycles. The Kier molecular flexibility index (Phi) is 6.98. The highest BCUT2D eigenvalue weighted by atomic mass is 32.2. The van der Waals surface area contributed by atoms with Crippen molar-refractivity contribution in [3.05, 3.63) is 59.0 Å². The van der Waals surface area contributed by atoms with Crippen LogP contribution < -0.4 is 14.4 Å². The van der Waals surface area contributed by atoms with E-state index in [2.05, 4.69) is 10.1 Å². The van der Waals surface area contributed by atoms with Gasteiger partial charge in [-0.15, -0.1) is 0 Å². The first-order chi connectivity index (χ1) is 14.7. The lowest BCUT2D eigenvalue weighted by atomic mass is 10.2. The number of hydrogen-bond acceptors (Lipinski definition) is 8. The van der Waals surface area contributed by atoms with Gasteiger partial charge >= 0.3 is 5.97 Å². The summed E-state index contributed by atoms with van der Waals surface area (Å²) in [6.45, 7) is -0.524. The lowest BCUT2D eigenvalue weighted by Gasteiger charge is -2.24. The van der Waals surface area contributed by atoms with Crippen LogP contribution in [0.1, 0.15) is 5.56 Å². The third kappa shape index (κ3) is 5.24. The molecule has 1 N–H and O–H groups in total. The van der Waals surface area contributed by atoms with Crippen LogP contribution in [0.3, 0.4) is 0 Å². The average molecular weight is 479 g/mol. The second-order valence-corrected chi connectivity index (χ2v) is 9.79. The van der Waals surface area contributed by atoms with E-state index in [4.69, 9.17) is 17.0 Å². The SMILES string of the molecule is COC(=O)CN(c1cccc(C=C2SC(=S)NC2=O)c1)S(=O)(=O)c1ccc(OC)cc1. The Labute approximate surface area is 189 Å². The molecule has 8 nitrogen and oxygen atoms in total. The summed E-state index contributed by atoms with van der Waals surface area (Å²) in [5.41, 5.74) is 0.807. The van der Waals surface area contributed by atoms with Gasteiger partial charge in [-0.2, -0.15) is 0 Å². The van der Waals surface area contributed by atoms with Crippen LogP contribution in [0.2, 0.25) is 0 Å². The number of nitrogens with zero attached hydrogens (tertiary/aromatic N) is 1. The van der Waals surface area contributed by atoms with Gasteiger partial charge in [-0.25, -0.2) is 8.42 Å². The van der Waals surface area contributed by atoms with Gasteiger partial charge in [-0.3, -0.25) is 13.9 Å². The third-order valence-corrected chi connectivity index (χ3v) is 7.20. The standard InChI is InChI=1S/C20H18N2O6S3/c1-27-15-6-8-16(9-7-15)31(25,26)22(12-18(23)28-2)14-5-3-4-13(10-14)11-17-19(24)21-20(29)30-17/h3-11H,12H2,1-2H3,(H,21,24,29). The molecule has 162 valence electrons. The quantitative estimate of drug-likeness (QED) is 0.368. The number of rotatable bonds is 7. The molecule has 1 fully saturated rings. The van der Waals surface area contributed by atoms with Crippen LogP contribution in [0.5, 0.6) is 5.75 Å². The molecular formula is C20H18N2O6S3. The molecule has 1 heterocycles. The van der Waals surface area contributed by atoms with E-state index >= 15 is 0 Å². The summed E-state index contributed by atoms with van der Waals surface area (Å²) in [4.78, 5) is 24.3. The van der Waals surface area contributed by atoms with Crippen LogP contribution in [0.15, 0.2) is 58.3 Å². The van der Waals surface area contributed by atoms with Gasteiger partial charge in [-0.1, -0.05) is 36.1 Å². The largest absolute Gasteiger partial charge is 0.497 e. The maximum Gasteiger partial charge on any atom is 0.326 e. The molecule has 31 heavy (non-hydrogen) atoms. The van der Waals surface area contributed by atoms with Crippen molar-refractivity contribution in [3.8, 4) is 5.75 Å². The molecule has 3 rings (SSSR count). The maximum atomic E-state index is 13.3. The Morgan fingerprint density at radius 2 is 1.90 bits per heavy atom. The Bertz CT molecular complexity index is 1160. The lowest BCUT2D eigenvalue weighted by molar-refractivity contribution is -0.138. The summed E-state index contributed by atoms with van der Waals surface area (Å²) in [6, 6.07) is 12.3. The monoisotopic (exact) mass is 478 g/mol. The minimum Gasteiger partial charge on any atom is -0.497 e. The maximum absolute atomic E-state index is 13.3. The number of anilines is 1. The van der Waals surface area contributed by atoms with Crippen molar-refractivity contribution in [2.24, 2.45) is 0 Å². The van der Waals surface area contributed by atoms with Crippen molar-refractivity contribution in [3.63, 3.8) is 0 Å². The predicted octanol–water partition coefficient (Wildman–Crippen LogP) is 2.55. The number of nitrogens with one attached hydrogen (secondary N) is 1.